The molecule has 2 rings (SSSR count). The van der Waals surface area contributed by atoms with Gasteiger partial charge >= 0.3 is 0 Å². The molecule has 2 heterocycles. The number of likely N-dealkylation sites (tertiary alicyclic amines) is 1. The molecule has 1 fully saturated rings. The zero-order valence-electron chi connectivity index (χ0n) is 10.1. The molecule has 1 aromatic heterocycles. The summed E-state index contributed by atoms with van der Waals surface area (Å²) < 4.78 is 0. The molecule has 5 heteroatoms. The van der Waals surface area contributed by atoms with Crippen molar-refractivity contribution >= 4 is 5.95 Å². The lowest BCUT2D eigenvalue weighted by atomic mass is 10.1. The third kappa shape index (κ3) is 3.14. The molecule has 1 aliphatic rings. The van der Waals surface area contributed by atoms with E-state index in [1.165, 1.54) is 0 Å². The first-order valence-electron chi connectivity index (χ1n) is 6.04. The van der Waals surface area contributed by atoms with Crippen molar-refractivity contribution in [2.75, 3.05) is 25.0 Å². The summed E-state index contributed by atoms with van der Waals surface area (Å²) in [5.74, 6) is 0.569. The Morgan fingerprint density at radius 3 is 2.94 bits per heavy atom. The van der Waals surface area contributed by atoms with Crippen LogP contribution in [-0.4, -0.2) is 40.5 Å². The van der Waals surface area contributed by atoms with Crippen LogP contribution in [0.25, 0.3) is 0 Å². The number of rotatable bonds is 3. The second-order valence-corrected chi connectivity index (χ2v) is 4.23. The van der Waals surface area contributed by atoms with Gasteiger partial charge in [-0.15, -0.1) is 0 Å². The zero-order chi connectivity index (χ0) is 12.1. The molecular weight excluding hydrogens is 214 g/mol. The predicted octanol–water partition coefficient (Wildman–Crippen LogP) is 1.24. The van der Waals surface area contributed by atoms with Crippen LogP contribution in [0.4, 0.5) is 5.95 Å². The van der Waals surface area contributed by atoms with Gasteiger partial charge in [-0.05, 0) is 25.5 Å². The minimum Gasteiger partial charge on any atom is -0.351 e. The Morgan fingerprint density at radius 2 is 2.29 bits per heavy atom. The van der Waals surface area contributed by atoms with Gasteiger partial charge in [0.15, 0.2) is 0 Å². The highest BCUT2D eigenvalue weighted by Crippen LogP contribution is 2.13. The van der Waals surface area contributed by atoms with Crippen LogP contribution in [0.1, 0.15) is 25.5 Å². The summed E-state index contributed by atoms with van der Waals surface area (Å²) in [5, 5.41) is 12.1. The van der Waals surface area contributed by atoms with Crippen molar-refractivity contribution in [3.63, 3.8) is 0 Å². The van der Waals surface area contributed by atoms with Gasteiger partial charge < -0.3 is 10.2 Å². The minimum absolute atomic E-state index is 0.411. The van der Waals surface area contributed by atoms with Gasteiger partial charge in [0.05, 0.1) is 0 Å². The Morgan fingerprint density at radius 1 is 1.53 bits per heavy atom. The smallest absolute Gasteiger partial charge is 0.224 e. The van der Waals surface area contributed by atoms with Crippen LogP contribution < -0.4 is 5.32 Å². The van der Waals surface area contributed by atoms with E-state index in [1.807, 2.05) is 6.07 Å². The molecule has 0 radical (unpaired) electrons. The van der Waals surface area contributed by atoms with Gasteiger partial charge in [0, 0.05) is 25.3 Å². The van der Waals surface area contributed by atoms with E-state index in [2.05, 4.69) is 27.1 Å². The highest BCUT2D eigenvalue weighted by atomic mass is 15.2. The van der Waals surface area contributed by atoms with Gasteiger partial charge in [-0.2, -0.15) is 5.26 Å². The molecule has 0 bridgehead atoms. The maximum Gasteiger partial charge on any atom is 0.224 e. The number of hydrogen-bond acceptors (Lipinski definition) is 5. The van der Waals surface area contributed by atoms with Crippen molar-refractivity contribution in [1.82, 2.24) is 14.9 Å². The molecule has 1 N–H and O–H groups in total. The van der Waals surface area contributed by atoms with E-state index in [9.17, 15) is 0 Å². The van der Waals surface area contributed by atoms with Gasteiger partial charge in [0.1, 0.15) is 11.8 Å². The van der Waals surface area contributed by atoms with Crippen LogP contribution in [0.2, 0.25) is 0 Å². The third-order valence-electron chi connectivity index (χ3n) is 3.14. The lowest BCUT2D eigenvalue weighted by molar-refractivity contribution is 0.229. The minimum atomic E-state index is 0.411. The molecule has 1 saturated heterocycles. The van der Waals surface area contributed by atoms with Crippen molar-refractivity contribution in [2.24, 2.45) is 0 Å². The Hall–Kier alpha value is -1.67. The van der Waals surface area contributed by atoms with Gasteiger partial charge in [-0.1, -0.05) is 6.92 Å². The fourth-order valence-electron chi connectivity index (χ4n) is 2.07. The van der Waals surface area contributed by atoms with E-state index >= 15 is 0 Å². The average molecular weight is 231 g/mol. The van der Waals surface area contributed by atoms with E-state index in [0.717, 1.165) is 32.5 Å². The van der Waals surface area contributed by atoms with E-state index < -0.39 is 0 Å². The lowest BCUT2D eigenvalue weighted by Gasteiger charge is -2.31. The molecule has 17 heavy (non-hydrogen) atoms. The first kappa shape index (κ1) is 11.8. The van der Waals surface area contributed by atoms with Crippen molar-refractivity contribution in [3.8, 4) is 6.07 Å². The lowest BCUT2D eigenvalue weighted by Crippen LogP contribution is -2.39. The van der Waals surface area contributed by atoms with E-state index in [1.54, 1.807) is 12.3 Å². The van der Waals surface area contributed by atoms with Crippen molar-refractivity contribution < 1.29 is 0 Å². The molecular formula is C12H17N5. The topological polar surface area (TPSA) is 64.8 Å². The zero-order valence-corrected chi connectivity index (χ0v) is 10.1. The molecule has 0 amide bonds. The number of piperidine rings is 1. The molecule has 1 aliphatic heterocycles. The van der Waals surface area contributed by atoms with Crippen LogP contribution in [0, 0.1) is 11.3 Å². The van der Waals surface area contributed by atoms with Crippen LogP contribution >= 0.6 is 0 Å². The molecule has 0 aromatic carbocycles. The molecule has 0 unspecified atom stereocenters. The summed E-state index contributed by atoms with van der Waals surface area (Å²) in [6.45, 7) is 5.54. The van der Waals surface area contributed by atoms with Crippen molar-refractivity contribution in [1.29, 1.82) is 5.26 Å². The van der Waals surface area contributed by atoms with E-state index in [0.29, 0.717) is 17.7 Å². The highest BCUT2D eigenvalue weighted by Gasteiger charge is 2.18. The summed E-state index contributed by atoms with van der Waals surface area (Å²) in [7, 11) is 0. The molecule has 0 spiro atoms. The first-order valence-corrected chi connectivity index (χ1v) is 6.04. The molecule has 0 aliphatic carbocycles. The van der Waals surface area contributed by atoms with Crippen LogP contribution in [0.15, 0.2) is 12.3 Å². The summed E-state index contributed by atoms with van der Waals surface area (Å²) in [6.07, 6.45) is 3.83. The van der Waals surface area contributed by atoms with Gasteiger partial charge in [0.25, 0.3) is 0 Å². The summed E-state index contributed by atoms with van der Waals surface area (Å²) >= 11 is 0. The summed E-state index contributed by atoms with van der Waals surface area (Å²) in [5.41, 5.74) is 0.411. The Bertz CT molecular complexity index is 404. The van der Waals surface area contributed by atoms with Gasteiger partial charge in [-0.25, -0.2) is 9.97 Å². The van der Waals surface area contributed by atoms with E-state index in [-0.39, 0.29) is 0 Å². The van der Waals surface area contributed by atoms with E-state index in [4.69, 9.17) is 5.26 Å². The monoisotopic (exact) mass is 231 g/mol. The number of nitrogens with zero attached hydrogens (tertiary/aromatic N) is 4. The second-order valence-electron chi connectivity index (χ2n) is 4.23. The summed E-state index contributed by atoms with van der Waals surface area (Å²) in [4.78, 5) is 10.7. The van der Waals surface area contributed by atoms with Crippen LogP contribution in [-0.2, 0) is 0 Å². The third-order valence-corrected chi connectivity index (χ3v) is 3.14. The molecule has 0 atom stereocenters. The molecule has 0 saturated carbocycles. The normalized spacial score (nSPS) is 17.6. The maximum atomic E-state index is 8.76. The first-order chi connectivity index (χ1) is 8.31. The van der Waals surface area contributed by atoms with Gasteiger partial charge in [0.2, 0.25) is 5.95 Å². The number of nitrogens with one attached hydrogen (secondary N) is 1. The number of nitriles is 1. The fourth-order valence-corrected chi connectivity index (χ4v) is 2.07. The SMILES string of the molecule is CCN1CCC(Nc2nccc(C#N)n2)CC1. The Labute approximate surface area is 101 Å². The number of anilines is 1. The number of aromatic nitrogens is 2. The average Bonchev–Trinajstić information content (AvgIpc) is 2.40. The van der Waals surface area contributed by atoms with Gasteiger partial charge in [-0.3, -0.25) is 0 Å². The largest absolute Gasteiger partial charge is 0.351 e. The predicted molar refractivity (Wildman–Crippen MR) is 65.5 cm³/mol. The summed E-state index contributed by atoms with van der Waals surface area (Å²) in [6, 6.07) is 4.06. The molecule has 90 valence electrons. The van der Waals surface area contributed by atoms with Crippen LogP contribution in [0.3, 0.4) is 0 Å². The standard InChI is InChI=1S/C12H17N5/c1-2-17-7-4-10(5-8-17)15-12-14-6-3-11(9-13)16-12/h3,6,10H,2,4-5,7-8H2,1H3,(H,14,15,16). The Kier molecular flexibility index (Phi) is 3.89. The number of hydrogen-bond donors (Lipinski definition) is 1. The second kappa shape index (κ2) is 5.60. The maximum absolute atomic E-state index is 8.76. The molecule has 5 nitrogen and oxygen atoms in total. The highest BCUT2D eigenvalue weighted by molar-refractivity contribution is 5.31. The van der Waals surface area contributed by atoms with Crippen molar-refractivity contribution in [2.45, 2.75) is 25.8 Å². The Balaban J connectivity index is 1.91. The fraction of sp³-hybridized carbons (Fsp3) is 0.583. The molecule has 1 aromatic rings. The van der Waals surface area contributed by atoms with Crippen molar-refractivity contribution in [3.05, 3.63) is 18.0 Å². The van der Waals surface area contributed by atoms with Crippen LogP contribution in [0.5, 0.6) is 0 Å². The quantitative estimate of drug-likeness (QED) is 0.848.